The van der Waals surface area contributed by atoms with Gasteiger partial charge in [-0.1, -0.05) is 19.1 Å². The number of benzene rings is 1. The number of halogens is 1. The molecule has 1 aromatic rings. The lowest BCUT2D eigenvalue weighted by molar-refractivity contribution is -0.385. The van der Waals surface area contributed by atoms with Crippen molar-refractivity contribution >= 4 is 38.4 Å². The zero-order valence-electron chi connectivity index (χ0n) is 11.0. The van der Waals surface area contributed by atoms with Crippen molar-refractivity contribution < 1.29 is 18.7 Å². The fraction of sp³-hybridized carbons (Fsp3) is 0.417. The van der Waals surface area contributed by atoms with Gasteiger partial charge in [-0.3, -0.25) is 19.1 Å². The first kappa shape index (κ1) is 16.8. The van der Waals surface area contributed by atoms with E-state index in [-0.39, 0.29) is 23.1 Å². The highest BCUT2D eigenvalue weighted by Crippen LogP contribution is 2.29. The van der Waals surface area contributed by atoms with Crippen LogP contribution in [0.25, 0.3) is 0 Å². The van der Waals surface area contributed by atoms with Crippen molar-refractivity contribution in [2.75, 3.05) is 7.11 Å². The molecule has 110 valence electrons. The summed E-state index contributed by atoms with van der Waals surface area (Å²) in [6, 6.07) is 4.58. The molecule has 0 N–H and O–H groups in total. The number of rotatable bonds is 6. The maximum absolute atomic E-state index is 12.1. The Balaban J connectivity index is 2.83. The van der Waals surface area contributed by atoms with Gasteiger partial charge in [-0.15, -0.1) is 0 Å². The fourth-order valence-corrected chi connectivity index (χ4v) is 3.41. The van der Waals surface area contributed by atoms with Crippen LogP contribution >= 0.6 is 15.9 Å². The highest BCUT2D eigenvalue weighted by Gasteiger charge is 2.20. The van der Waals surface area contributed by atoms with Gasteiger partial charge in [0.05, 0.1) is 28.7 Å². The molecule has 6 nitrogen and oxygen atoms in total. The molecular weight excluding hydrogens is 350 g/mol. The van der Waals surface area contributed by atoms with Crippen LogP contribution in [0.15, 0.2) is 22.7 Å². The van der Waals surface area contributed by atoms with Gasteiger partial charge >= 0.3 is 5.97 Å². The van der Waals surface area contributed by atoms with Gasteiger partial charge in [0.25, 0.3) is 5.69 Å². The Bertz CT molecular complexity index is 549. The van der Waals surface area contributed by atoms with Crippen LogP contribution in [0.1, 0.15) is 18.9 Å². The molecule has 0 radical (unpaired) electrons. The van der Waals surface area contributed by atoms with E-state index in [1.807, 2.05) is 0 Å². The molecular formula is C12H14BrNO5S. The number of esters is 1. The van der Waals surface area contributed by atoms with E-state index in [9.17, 15) is 19.1 Å². The smallest absolute Gasteiger partial charge is 0.306 e. The summed E-state index contributed by atoms with van der Waals surface area (Å²) < 4.78 is 17.0. The number of nitrogens with zero attached hydrogens (tertiary/aromatic N) is 1. The van der Waals surface area contributed by atoms with Crippen LogP contribution in [0, 0.1) is 10.1 Å². The van der Waals surface area contributed by atoms with Crippen LogP contribution < -0.4 is 0 Å². The molecule has 0 aliphatic heterocycles. The molecule has 0 spiro atoms. The van der Waals surface area contributed by atoms with Crippen molar-refractivity contribution in [2.24, 2.45) is 0 Å². The molecule has 2 atom stereocenters. The molecule has 0 amide bonds. The minimum atomic E-state index is -1.32. The molecule has 0 aromatic heterocycles. The highest BCUT2D eigenvalue weighted by atomic mass is 79.9. The van der Waals surface area contributed by atoms with Crippen LogP contribution in [-0.4, -0.2) is 27.5 Å². The maximum atomic E-state index is 12.1. The summed E-state index contributed by atoms with van der Waals surface area (Å²) in [6.45, 7) is 1.68. The second-order valence-corrected chi connectivity index (χ2v) is 6.77. The van der Waals surface area contributed by atoms with Crippen LogP contribution in [0.4, 0.5) is 5.69 Å². The zero-order valence-corrected chi connectivity index (χ0v) is 13.4. The second kappa shape index (κ2) is 7.49. The van der Waals surface area contributed by atoms with Gasteiger partial charge < -0.3 is 4.74 Å². The Morgan fingerprint density at radius 2 is 2.20 bits per heavy atom. The van der Waals surface area contributed by atoms with Crippen molar-refractivity contribution in [3.05, 3.63) is 38.3 Å². The molecule has 0 bridgehead atoms. The Morgan fingerprint density at radius 1 is 1.55 bits per heavy atom. The van der Waals surface area contributed by atoms with E-state index in [4.69, 9.17) is 0 Å². The number of hydrogen-bond donors (Lipinski definition) is 0. The third-order valence-corrected chi connectivity index (χ3v) is 5.26. The lowest BCUT2D eigenvalue weighted by Gasteiger charge is -2.11. The lowest BCUT2D eigenvalue weighted by atomic mass is 10.2. The van der Waals surface area contributed by atoms with Gasteiger partial charge in [-0.2, -0.15) is 0 Å². The van der Waals surface area contributed by atoms with Gasteiger partial charge in [0.1, 0.15) is 0 Å². The van der Waals surface area contributed by atoms with Gasteiger partial charge in [0.2, 0.25) is 0 Å². The number of hydrogen-bond acceptors (Lipinski definition) is 5. The standard InChI is InChI=1S/C12H14BrNO5S/c1-8(6-11(15)19-2)20(18)7-9-4-3-5-10(12(9)13)14(16)17/h3-5,8H,6-7H2,1-2H3. The Kier molecular flexibility index (Phi) is 6.28. The first-order valence-corrected chi connectivity index (χ1v) is 7.90. The summed E-state index contributed by atoms with van der Waals surface area (Å²) in [4.78, 5) is 21.4. The predicted octanol–water partition coefficient (Wildman–Crippen LogP) is 2.56. The molecule has 0 aliphatic carbocycles. The van der Waals surface area contributed by atoms with E-state index in [0.717, 1.165) is 0 Å². The van der Waals surface area contributed by atoms with E-state index >= 15 is 0 Å². The van der Waals surface area contributed by atoms with Gasteiger partial charge in [0.15, 0.2) is 0 Å². The number of nitro benzene ring substituents is 1. The van der Waals surface area contributed by atoms with E-state index < -0.39 is 21.7 Å². The van der Waals surface area contributed by atoms with Gasteiger partial charge in [-0.05, 0) is 21.5 Å². The normalized spacial score (nSPS) is 13.6. The molecule has 0 aliphatic rings. The molecule has 0 saturated carbocycles. The average molecular weight is 364 g/mol. The monoisotopic (exact) mass is 363 g/mol. The third-order valence-electron chi connectivity index (χ3n) is 2.68. The summed E-state index contributed by atoms with van der Waals surface area (Å²) in [5.41, 5.74) is 0.509. The maximum Gasteiger partial charge on any atom is 0.306 e. The van der Waals surface area contributed by atoms with E-state index in [0.29, 0.717) is 10.0 Å². The fourth-order valence-electron chi connectivity index (χ4n) is 1.53. The topological polar surface area (TPSA) is 86.5 Å². The Hall–Kier alpha value is -1.28. The van der Waals surface area contributed by atoms with E-state index in [1.54, 1.807) is 19.1 Å². The number of nitro groups is 1. The first-order valence-electron chi connectivity index (χ1n) is 5.72. The van der Waals surface area contributed by atoms with E-state index in [2.05, 4.69) is 20.7 Å². The quantitative estimate of drug-likeness (QED) is 0.440. The molecule has 2 unspecified atom stereocenters. The van der Waals surface area contributed by atoms with Crippen LogP contribution in [0.5, 0.6) is 0 Å². The van der Waals surface area contributed by atoms with Gasteiger partial charge in [0, 0.05) is 22.1 Å². The molecule has 0 heterocycles. The minimum Gasteiger partial charge on any atom is -0.469 e. The summed E-state index contributed by atoms with van der Waals surface area (Å²) in [6.07, 6.45) is 0.0512. The Morgan fingerprint density at radius 3 is 2.75 bits per heavy atom. The number of methoxy groups -OCH3 is 1. The van der Waals surface area contributed by atoms with Crippen LogP contribution in [-0.2, 0) is 26.1 Å². The largest absolute Gasteiger partial charge is 0.469 e. The predicted molar refractivity (Wildman–Crippen MR) is 78.7 cm³/mol. The molecule has 8 heteroatoms. The summed E-state index contributed by atoms with van der Waals surface area (Å²) in [7, 11) is -0.0502. The van der Waals surface area contributed by atoms with Crippen LogP contribution in [0.3, 0.4) is 0 Å². The van der Waals surface area contributed by atoms with Crippen molar-refractivity contribution in [2.45, 2.75) is 24.3 Å². The molecule has 1 aromatic carbocycles. The van der Waals surface area contributed by atoms with Crippen LogP contribution in [0.2, 0.25) is 0 Å². The molecule has 0 fully saturated rings. The molecule has 20 heavy (non-hydrogen) atoms. The number of ether oxygens (including phenoxy) is 1. The molecule has 1 rings (SSSR count). The number of carbonyl (C=O) groups is 1. The van der Waals surface area contributed by atoms with Crippen molar-refractivity contribution in [1.82, 2.24) is 0 Å². The SMILES string of the molecule is COC(=O)CC(C)S(=O)Cc1cccc([N+](=O)[O-])c1Br. The second-order valence-electron chi connectivity index (χ2n) is 4.12. The lowest BCUT2D eigenvalue weighted by Crippen LogP contribution is -2.18. The summed E-state index contributed by atoms with van der Waals surface area (Å²) in [5.74, 6) is -0.288. The van der Waals surface area contributed by atoms with Crippen molar-refractivity contribution in [1.29, 1.82) is 0 Å². The third kappa shape index (κ3) is 4.38. The minimum absolute atomic E-state index is 0.0512. The van der Waals surface area contributed by atoms with E-state index in [1.165, 1.54) is 13.2 Å². The average Bonchev–Trinajstić information content (AvgIpc) is 2.40. The Labute approximate surface area is 127 Å². The summed E-state index contributed by atoms with van der Waals surface area (Å²) in [5, 5.41) is 10.4. The zero-order chi connectivity index (χ0) is 15.3. The van der Waals surface area contributed by atoms with Crippen molar-refractivity contribution in [3.63, 3.8) is 0 Å². The van der Waals surface area contributed by atoms with Gasteiger partial charge in [-0.25, -0.2) is 0 Å². The summed E-state index contributed by atoms with van der Waals surface area (Å²) >= 11 is 3.16. The number of carbonyl (C=O) groups excluding carboxylic acids is 1. The van der Waals surface area contributed by atoms with Crippen molar-refractivity contribution in [3.8, 4) is 0 Å². The molecule has 0 saturated heterocycles. The highest BCUT2D eigenvalue weighted by molar-refractivity contribution is 9.10. The first-order chi connectivity index (χ1) is 9.36.